The minimum Gasteiger partial charge on any atom is -0.490 e. The van der Waals surface area contributed by atoms with Crippen molar-refractivity contribution in [3.05, 3.63) is 84.2 Å². The van der Waals surface area contributed by atoms with E-state index >= 15 is 0 Å². The number of nitrogens with zero attached hydrogens (tertiary/aromatic N) is 1. The maximum Gasteiger partial charge on any atom is 0.387 e. The number of anilines is 1. The number of carbonyl (C=O) groups excluding carboxylic acids is 1. The molecule has 0 atom stereocenters. The van der Waals surface area contributed by atoms with E-state index in [4.69, 9.17) is 9.47 Å². The van der Waals surface area contributed by atoms with Gasteiger partial charge in [0.25, 0.3) is 0 Å². The maximum absolute atomic E-state index is 12.5. The van der Waals surface area contributed by atoms with Crippen LogP contribution in [0.2, 0.25) is 0 Å². The van der Waals surface area contributed by atoms with Crippen LogP contribution in [-0.4, -0.2) is 24.1 Å². The number of benzene rings is 2. The van der Waals surface area contributed by atoms with Crippen molar-refractivity contribution in [3.8, 4) is 17.2 Å². The van der Waals surface area contributed by atoms with E-state index in [1.165, 1.54) is 18.2 Å². The average Bonchev–Trinajstić information content (AvgIpc) is 2.79. The third-order valence-corrected chi connectivity index (χ3v) is 4.13. The van der Waals surface area contributed by atoms with E-state index in [2.05, 4.69) is 15.0 Å². The lowest BCUT2D eigenvalue weighted by Gasteiger charge is -2.11. The van der Waals surface area contributed by atoms with Gasteiger partial charge in [-0.1, -0.05) is 18.2 Å². The zero-order valence-corrected chi connectivity index (χ0v) is 17.3. The smallest absolute Gasteiger partial charge is 0.387 e. The normalized spacial score (nSPS) is 10.9. The van der Waals surface area contributed by atoms with Gasteiger partial charge in [-0.05, 0) is 55.0 Å². The van der Waals surface area contributed by atoms with Gasteiger partial charge in [0.15, 0.2) is 11.5 Å². The summed E-state index contributed by atoms with van der Waals surface area (Å²) in [5.74, 6) is 0.338. The first-order valence-electron chi connectivity index (χ1n) is 9.87. The second-order valence-electron chi connectivity index (χ2n) is 6.48. The Morgan fingerprint density at radius 3 is 2.69 bits per heavy atom. The molecule has 0 radical (unpaired) electrons. The molecule has 8 heteroatoms. The van der Waals surface area contributed by atoms with Gasteiger partial charge in [0.05, 0.1) is 12.3 Å². The third-order valence-electron chi connectivity index (χ3n) is 4.13. The molecule has 0 unspecified atom stereocenters. The Labute approximate surface area is 184 Å². The molecule has 6 nitrogen and oxygen atoms in total. The molecule has 3 rings (SSSR count). The van der Waals surface area contributed by atoms with Crippen LogP contribution >= 0.6 is 0 Å². The van der Waals surface area contributed by atoms with Crippen molar-refractivity contribution in [3.63, 3.8) is 0 Å². The summed E-state index contributed by atoms with van der Waals surface area (Å²) < 4.78 is 40.5. The van der Waals surface area contributed by atoms with Crippen LogP contribution in [0.4, 0.5) is 14.5 Å². The molecule has 166 valence electrons. The van der Waals surface area contributed by atoms with Gasteiger partial charge in [0.1, 0.15) is 12.4 Å². The fourth-order valence-corrected chi connectivity index (χ4v) is 2.75. The van der Waals surface area contributed by atoms with E-state index in [1.54, 1.807) is 49.5 Å². The molecule has 1 N–H and O–H groups in total. The molecule has 0 saturated heterocycles. The Kier molecular flexibility index (Phi) is 8.14. The highest BCUT2D eigenvalue weighted by Gasteiger charge is 2.11. The van der Waals surface area contributed by atoms with Crippen molar-refractivity contribution in [2.24, 2.45) is 0 Å². The van der Waals surface area contributed by atoms with Crippen molar-refractivity contribution < 1.29 is 27.8 Å². The van der Waals surface area contributed by atoms with E-state index < -0.39 is 6.61 Å². The zero-order chi connectivity index (χ0) is 22.8. The molecular weight excluding hydrogens is 418 g/mol. The predicted octanol–water partition coefficient (Wildman–Crippen LogP) is 5.31. The average molecular weight is 440 g/mol. The zero-order valence-electron chi connectivity index (χ0n) is 17.3. The second kappa shape index (κ2) is 11.5. The molecule has 1 aromatic heterocycles. The van der Waals surface area contributed by atoms with Crippen molar-refractivity contribution in [2.75, 3.05) is 11.9 Å². The van der Waals surface area contributed by atoms with Crippen LogP contribution in [0.1, 0.15) is 18.2 Å². The molecule has 1 heterocycles. The molecule has 3 aromatic rings. The van der Waals surface area contributed by atoms with Gasteiger partial charge in [-0.2, -0.15) is 8.78 Å². The summed E-state index contributed by atoms with van der Waals surface area (Å²) in [4.78, 5) is 16.5. The minimum atomic E-state index is -2.95. The molecule has 32 heavy (non-hydrogen) atoms. The number of pyridine rings is 1. The molecule has 0 spiro atoms. The summed E-state index contributed by atoms with van der Waals surface area (Å²) in [6, 6.07) is 17.0. The highest BCUT2D eigenvalue weighted by atomic mass is 19.3. The summed E-state index contributed by atoms with van der Waals surface area (Å²) in [5.41, 5.74) is 1.95. The van der Waals surface area contributed by atoms with Gasteiger partial charge in [0, 0.05) is 24.0 Å². The number of carbonyl (C=O) groups is 1. The highest BCUT2D eigenvalue weighted by molar-refractivity contribution is 6.02. The molecule has 1 amide bonds. The van der Waals surface area contributed by atoms with Crippen LogP contribution in [0.15, 0.2) is 72.9 Å². The molecule has 0 fully saturated rings. The first-order valence-corrected chi connectivity index (χ1v) is 9.87. The van der Waals surface area contributed by atoms with Crippen molar-refractivity contribution in [1.29, 1.82) is 0 Å². The fourth-order valence-electron chi connectivity index (χ4n) is 2.75. The Morgan fingerprint density at radius 2 is 1.94 bits per heavy atom. The standard InChI is InChI=1S/C24H22F2N2O4/c1-2-30-22-14-17(9-11-21(22)32-24(25)26)10-12-23(29)28-18-7-5-8-20(15-18)31-16-19-6-3-4-13-27-19/h3-15,24H,2,16H2,1H3,(H,28,29)/b12-10+. The number of alkyl halides is 2. The number of nitrogens with one attached hydrogen (secondary N) is 1. The Balaban J connectivity index is 1.61. The Bertz CT molecular complexity index is 1060. The third kappa shape index (κ3) is 7.09. The second-order valence-corrected chi connectivity index (χ2v) is 6.48. The summed E-state index contributed by atoms with van der Waals surface area (Å²) in [6.07, 6.45) is 4.57. The van der Waals surface area contributed by atoms with Gasteiger partial charge in [0.2, 0.25) is 5.91 Å². The SMILES string of the molecule is CCOc1cc(/C=C/C(=O)Nc2cccc(OCc3ccccn3)c2)ccc1OC(F)F. The van der Waals surface area contributed by atoms with Crippen molar-refractivity contribution >= 4 is 17.7 Å². The van der Waals surface area contributed by atoms with Gasteiger partial charge < -0.3 is 19.5 Å². The van der Waals surface area contributed by atoms with Gasteiger partial charge in [-0.25, -0.2) is 0 Å². The first kappa shape index (κ1) is 22.7. The van der Waals surface area contributed by atoms with E-state index in [-0.39, 0.29) is 24.0 Å². The number of rotatable bonds is 10. The van der Waals surface area contributed by atoms with Crippen LogP contribution in [0.25, 0.3) is 6.08 Å². The quantitative estimate of drug-likeness (QED) is 0.433. The maximum atomic E-state index is 12.5. The van der Waals surface area contributed by atoms with E-state index in [1.807, 2.05) is 18.2 Å². The predicted molar refractivity (Wildman–Crippen MR) is 117 cm³/mol. The first-order chi connectivity index (χ1) is 15.5. The van der Waals surface area contributed by atoms with E-state index in [9.17, 15) is 13.6 Å². The minimum absolute atomic E-state index is 0.0639. The summed E-state index contributed by atoms with van der Waals surface area (Å²) in [6.45, 7) is -0.626. The number of aromatic nitrogens is 1. The number of hydrogen-bond acceptors (Lipinski definition) is 5. The molecule has 0 aliphatic rings. The van der Waals surface area contributed by atoms with Crippen LogP contribution in [0.3, 0.4) is 0 Å². The Morgan fingerprint density at radius 1 is 1.06 bits per heavy atom. The molecule has 0 saturated carbocycles. The lowest BCUT2D eigenvalue weighted by atomic mass is 10.2. The number of hydrogen-bond donors (Lipinski definition) is 1. The van der Waals surface area contributed by atoms with Gasteiger partial charge >= 0.3 is 6.61 Å². The van der Waals surface area contributed by atoms with Gasteiger partial charge in [-0.3, -0.25) is 9.78 Å². The lowest BCUT2D eigenvalue weighted by molar-refractivity contribution is -0.111. The molecule has 0 aliphatic carbocycles. The summed E-state index contributed by atoms with van der Waals surface area (Å²) >= 11 is 0. The lowest BCUT2D eigenvalue weighted by Crippen LogP contribution is -2.08. The molecule has 0 aliphatic heterocycles. The van der Waals surface area contributed by atoms with Crippen molar-refractivity contribution in [2.45, 2.75) is 20.1 Å². The van der Waals surface area contributed by atoms with E-state index in [0.717, 1.165) is 5.69 Å². The summed E-state index contributed by atoms with van der Waals surface area (Å²) in [7, 11) is 0. The van der Waals surface area contributed by atoms with Gasteiger partial charge in [-0.15, -0.1) is 0 Å². The van der Waals surface area contributed by atoms with E-state index in [0.29, 0.717) is 23.6 Å². The number of halogens is 2. The molecular formula is C24H22F2N2O4. The molecule has 2 aromatic carbocycles. The van der Waals surface area contributed by atoms with Crippen molar-refractivity contribution in [1.82, 2.24) is 4.98 Å². The fraction of sp³-hybridized carbons (Fsp3) is 0.167. The van der Waals surface area contributed by atoms with Crippen LogP contribution in [0, 0.1) is 0 Å². The number of ether oxygens (including phenoxy) is 3. The molecule has 0 bridgehead atoms. The van der Waals surface area contributed by atoms with Crippen LogP contribution < -0.4 is 19.5 Å². The summed E-state index contributed by atoms with van der Waals surface area (Å²) in [5, 5.41) is 2.75. The highest BCUT2D eigenvalue weighted by Crippen LogP contribution is 2.30. The largest absolute Gasteiger partial charge is 0.490 e. The topological polar surface area (TPSA) is 69.7 Å². The number of amides is 1. The van der Waals surface area contributed by atoms with Crippen LogP contribution in [-0.2, 0) is 11.4 Å². The monoisotopic (exact) mass is 440 g/mol. The Hall–Kier alpha value is -3.94. The van der Waals surface area contributed by atoms with Crippen LogP contribution in [0.5, 0.6) is 17.2 Å².